The van der Waals surface area contributed by atoms with E-state index in [1.807, 2.05) is 25.1 Å². The molecule has 26 heavy (non-hydrogen) atoms. The molecule has 5 nitrogen and oxygen atoms in total. The molecule has 3 rings (SSSR count). The fraction of sp³-hybridized carbons (Fsp3) is 0.211. The van der Waals surface area contributed by atoms with E-state index in [2.05, 4.69) is 28.5 Å². The van der Waals surface area contributed by atoms with Crippen molar-refractivity contribution in [2.24, 2.45) is 0 Å². The van der Waals surface area contributed by atoms with Crippen molar-refractivity contribution in [1.82, 2.24) is 10.2 Å². The van der Waals surface area contributed by atoms with Crippen LogP contribution in [0.15, 0.2) is 47.2 Å². The number of halogens is 2. The molecule has 0 amide bonds. The fourth-order valence-electron chi connectivity index (χ4n) is 2.14. The molecule has 2 aromatic carbocycles. The van der Waals surface area contributed by atoms with Crippen LogP contribution >= 0.6 is 23.2 Å². The van der Waals surface area contributed by atoms with Crippen molar-refractivity contribution >= 4 is 28.9 Å². The second-order valence-corrected chi connectivity index (χ2v) is 6.21. The van der Waals surface area contributed by atoms with Gasteiger partial charge in [-0.15, -0.1) is 10.2 Å². The van der Waals surface area contributed by atoms with Gasteiger partial charge in [-0.05, 0) is 49.2 Å². The lowest BCUT2D eigenvalue weighted by atomic mass is 10.1. The second kappa shape index (κ2) is 9.81. The third-order valence-electron chi connectivity index (χ3n) is 3.50. The zero-order valence-corrected chi connectivity index (χ0v) is 16.0. The monoisotopic (exact) mass is 388 g/mol. The van der Waals surface area contributed by atoms with Gasteiger partial charge in [-0.25, -0.2) is 0 Å². The van der Waals surface area contributed by atoms with E-state index in [1.165, 1.54) is 6.39 Å². The summed E-state index contributed by atoms with van der Waals surface area (Å²) in [7, 11) is 0. The Morgan fingerprint density at radius 1 is 1.23 bits per heavy atom. The lowest BCUT2D eigenvalue weighted by molar-refractivity contribution is 0.568. The van der Waals surface area contributed by atoms with Crippen molar-refractivity contribution in [3.63, 3.8) is 0 Å². The van der Waals surface area contributed by atoms with E-state index in [9.17, 15) is 0 Å². The summed E-state index contributed by atoms with van der Waals surface area (Å²) in [5, 5.41) is 20.5. The Bertz CT molecular complexity index is 889. The lowest BCUT2D eigenvalue weighted by Gasteiger charge is -2.10. The van der Waals surface area contributed by atoms with Crippen LogP contribution in [0.4, 0.5) is 5.69 Å². The van der Waals surface area contributed by atoms with Crippen molar-refractivity contribution in [3.05, 3.63) is 64.0 Å². The summed E-state index contributed by atoms with van der Waals surface area (Å²) < 4.78 is 4.99. The molecular weight excluding hydrogens is 371 g/mol. The predicted octanol–water partition coefficient (Wildman–Crippen LogP) is 5.73. The quantitative estimate of drug-likeness (QED) is 0.617. The molecule has 0 spiro atoms. The zero-order valence-electron chi connectivity index (χ0n) is 14.5. The molecule has 0 aliphatic carbocycles. The average molecular weight is 389 g/mol. The summed E-state index contributed by atoms with van der Waals surface area (Å²) in [5.74, 6) is 0.484. The Balaban J connectivity index is 0.000000189. The topological polar surface area (TPSA) is 74.7 Å². The number of rotatable bonds is 4. The Kier molecular flexibility index (Phi) is 7.46. The Hall–Kier alpha value is -2.55. The van der Waals surface area contributed by atoms with Crippen LogP contribution in [0.25, 0.3) is 11.5 Å². The minimum Gasteiger partial charge on any atom is -0.423 e. The van der Waals surface area contributed by atoms with Gasteiger partial charge in [0, 0.05) is 22.8 Å². The van der Waals surface area contributed by atoms with Crippen LogP contribution < -0.4 is 5.32 Å². The average Bonchev–Trinajstić information content (AvgIpc) is 3.18. The van der Waals surface area contributed by atoms with E-state index in [1.54, 1.807) is 18.2 Å². The highest BCUT2D eigenvalue weighted by molar-refractivity contribution is 6.32. The standard InChI is InChI=1S/C11H13ClN2.C8H5ClN2O/c1-3-6-14-10-5-4-9(7-13)11(12)8(10)2;9-7-3-1-2-6(4-7)8-11-10-5-12-8/h4-5,14H,3,6H2,1-2H3;1-5H. The van der Waals surface area contributed by atoms with Crippen molar-refractivity contribution in [2.45, 2.75) is 20.3 Å². The minimum absolute atomic E-state index is 0.484. The smallest absolute Gasteiger partial charge is 0.247 e. The molecule has 1 N–H and O–H groups in total. The molecule has 0 aliphatic heterocycles. The van der Waals surface area contributed by atoms with Crippen LogP contribution in [0.5, 0.6) is 0 Å². The van der Waals surface area contributed by atoms with Gasteiger partial charge in [0.2, 0.25) is 12.3 Å². The van der Waals surface area contributed by atoms with Gasteiger partial charge in [-0.1, -0.05) is 36.2 Å². The largest absolute Gasteiger partial charge is 0.423 e. The van der Waals surface area contributed by atoms with E-state index in [0.29, 0.717) is 21.5 Å². The van der Waals surface area contributed by atoms with E-state index >= 15 is 0 Å². The third-order valence-corrected chi connectivity index (χ3v) is 4.23. The maximum absolute atomic E-state index is 8.75. The first-order valence-electron chi connectivity index (χ1n) is 8.02. The van der Waals surface area contributed by atoms with E-state index in [4.69, 9.17) is 32.9 Å². The molecule has 1 aromatic heterocycles. The maximum atomic E-state index is 8.75. The van der Waals surface area contributed by atoms with Gasteiger partial charge in [0.05, 0.1) is 10.6 Å². The maximum Gasteiger partial charge on any atom is 0.247 e. The van der Waals surface area contributed by atoms with Gasteiger partial charge in [-0.3, -0.25) is 0 Å². The van der Waals surface area contributed by atoms with E-state index < -0.39 is 0 Å². The molecule has 7 heteroatoms. The van der Waals surface area contributed by atoms with Crippen molar-refractivity contribution in [3.8, 4) is 17.5 Å². The van der Waals surface area contributed by atoms with Crippen LogP contribution in [0, 0.1) is 18.3 Å². The molecule has 0 atom stereocenters. The molecule has 0 saturated carbocycles. The Morgan fingerprint density at radius 2 is 2.04 bits per heavy atom. The lowest BCUT2D eigenvalue weighted by Crippen LogP contribution is -2.02. The Morgan fingerprint density at radius 3 is 2.65 bits per heavy atom. The fourth-order valence-corrected chi connectivity index (χ4v) is 2.54. The summed E-state index contributed by atoms with van der Waals surface area (Å²) >= 11 is 11.8. The number of nitriles is 1. The SMILES string of the molecule is CCCNc1ccc(C#N)c(Cl)c1C.Clc1cccc(-c2nnco2)c1. The van der Waals surface area contributed by atoms with Crippen LogP contribution in [-0.4, -0.2) is 16.7 Å². The third kappa shape index (κ3) is 5.22. The molecule has 1 heterocycles. The van der Waals surface area contributed by atoms with Crippen LogP contribution in [0.2, 0.25) is 10.0 Å². The number of aromatic nitrogens is 2. The molecule has 0 radical (unpaired) electrons. The number of hydrogen-bond acceptors (Lipinski definition) is 5. The number of hydrogen-bond donors (Lipinski definition) is 1. The van der Waals surface area contributed by atoms with Crippen LogP contribution in [-0.2, 0) is 0 Å². The minimum atomic E-state index is 0.484. The molecule has 3 aromatic rings. The number of nitrogens with one attached hydrogen (secondary N) is 1. The first-order valence-corrected chi connectivity index (χ1v) is 8.77. The highest BCUT2D eigenvalue weighted by Gasteiger charge is 2.06. The summed E-state index contributed by atoms with van der Waals surface area (Å²) in [5.41, 5.74) is 3.32. The highest BCUT2D eigenvalue weighted by Crippen LogP contribution is 2.26. The molecule has 134 valence electrons. The van der Waals surface area contributed by atoms with Crippen molar-refractivity contribution in [2.75, 3.05) is 11.9 Å². The zero-order chi connectivity index (χ0) is 18.9. The van der Waals surface area contributed by atoms with Gasteiger partial charge in [-0.2, -0.15) is 5.26 Å². The van der Waals surface area contributed by atoms with Gasteiger partial charge in [0.25, 0.3) is 0 Å². The highest BCUT2D eigenvalue weighted by atomic mass is 35.5. The summed E-state index contributed by atoms with van der Waals surface area (Å²) in [4.78, 5) is 0. The van der Waals surface area contributed by atoms with Crippen LogP contribution in [0.3, 0.4) is 0 Å². The molecule has 0 unspecified atom stereocenters. The number of anilines is 1. The van der Waals surface area contributed by atoms with E-state index in [-0.39, 0.29) is 0 Å². The normalized spacial score (nSPS) is 9.81. The van der Waals surface area contributed by atoms with Gasteiger partial charge in [0.15, 0.2) is 0 Å². The molecule has 0 saturated heterocycles. The summed E-state index contributed by atoms with van der Waals surface area (Å²) in [6.45, 7) is 4.94. The summed E-state index contributed by atoms with van der Waals surface area (Å²) in [6.07, 6.45) is 2.35. The summed E-state index contributed by atoms with van der Waals surface area (Å²) in [6, 6.07) is 13.0. The first kappa shape index (κ1) is 19.8. The number of benzene rings is 2. The molecule has 0 bridgehead atoms. The molecular formula is C19H18Cl2N4O. The van der Waals surface area contributed by atoms with Crippen molar-refractivity contribution in [1.29, 1.82) is 5.26 Å². The predicted molar refractivity (Wildman–Crippen MR) is 104 cm³/mol. The van der Waals surface area contributed by atoms with Gasteiger partial charge >= 0.3 is 0 Å². The van der Waals surface area contributed by atoms with Crippen molar-refractivity contribution < 1.29 is 4.42 Å². The first-order chi connectivity index (χ1) is 12.6. The Labute approximate surface area is 162 Å². The van der Waals surface area contributed by atoms with Gasteiger partial charge < -0.3 is 9.73 Å². The molecule has 0 fully saturated rings. The second-order valence-electron chi connectivity index (χ2n) is 5.39. The van der Waals surface area contributed by atoms with E-state index in [0.717, 1.165) is 29.8 Å². The number of nitrogens with zero attached hydrogens (tertiary/aromatic N) is 3. The molecule has 0 aliphatic rings. The van der Waals surface area contributed by atoms with Crippen LogP contribution in [0.1, 0.15) is 24.5 Å². The van der Waals surface area contributed by atoms with Gasteiger partial charge in [0.1, 0.15) is 6.07 Å².